The summed E-state index contributed by atoms with van der Waals surface area (Å²) >= 11 is 0. The first kappa shape index (κ1) is 11.6. The largest absolute Gasteiger partial charge is 0.495 e. The van der Waals surface area contributed by atoms with Gasteiger partial charge in [-0.25, -0.2) is 0 Å². The maximum Gasteiger partial charge on any atom is 0.150 e. The summed E-state index contributed by atoms with van der Waals surface area (Å²) in [5.41, 5.74) is 2.36. The minimum atomic E-state index is 0.591. The number of rotatable bonds is 3. The van der Waals surface area contributed by atoms with Crippen LogP contribution in [0.15, 0.2) is 30.3 Å². The van der Waals surface area contributed by atoms with Crippen LogP contribution in [0, 0.1) is 0 Å². The highest BCUT2D eigenvalue weighted by Gasteiger charge is 2.13. The molecule has 0 atom stereocenters. The number of nitrogens with one attached hydrogen (secondary N) is 1. The van der Waals surface area contributed by atoms with E-state index in [9.17, 15) is 4.79 Å². The van der Waals surface area contributed by atoms with Crippen LogP contribution in [0.1, 0.15) is 10.4 Å². The first-order valence-electron chi connectivity index (χ1n) is 5.90. The third-order valence-electron chi connectivity index (χ3n) is 3.27. The molecule has 19 heavy (non-hydrogen) atoms. The van der Waals surface area contributed by atoms with E-state index in [0.29, 0.717) is 11.3 Å². The molecule has 3 aromatic rings. The lowest BCUT2D eigenvalue weighted by Crippen LogP contribution is -1.87. The summed E-state index contributed by atoms with van der Waals surface area (Å²) in [4.78, 5) is 14.3. The monoisotopic (exact) mass is 255 g/mol. The molecule has 1 aromatic heterocycles. The van der Waals surface area contributed by atoms with Gasteiger partial charge in [-0.2, -0.15) is 0 Å². The van der Waals surface area contributed by atoms with E-state index < -0.39 is 0 Å². The van der Waals surface area contributed by atoms with Gasteiger partial charge in [-0.05, 0) is 18.2 Å². The average molecular weight is 255 g/mol. The van der Waals surface area contributed by atoms with Gasteiger partial charge < -0.3 is 14.5 Å². The van der Waals surface area contributed by atoms with Crippen LogP contribution >= 0.6 is 0 Å². The number of H-pyrrole nitrogens is 1. The first-order valence-corrected chi connectivity index (χ1v) is 5.90. The molecular weight excluding hydrogens is 242 g/mol. The number of methoxy groups -OCH3 is 2. The van der Waals surface area contributed by atoms with Gasteiger partial charge in [0, 0.05) is 16.3 Å². The number of aromatic amines is 1. The SMILES string of the molecule is COc1cccc2c1[nH]c1c(OC)cc(C=O)cc12. The summed E-state index contributed by atoms with van der Waals surface area (Å²) in [5.74, 6) is 1.42. The van der Waals surface area contributed by atoms with E-state index in [4.69, 9.17) is 9.47 Å². The molecule has 0 aliphatic heterocycles. The molecule has 4 heteroatoms. The number of carbonyl (C=O) groups excluding carboxylic acids is 1. The lowest BCUT2D eigenvalue weighted by Gasteiger charge is -2.02. The van der Waals surface area contributed by atoms with Crippen LogP contribution in [0.3, 0.4) is 0 Å². The van der Waals surface area contributed by atoms with Gasteiger partial charge in [-0.15, -0.1) is 0 Å². The van der Waals surface area contributed by atoms with Crippen molar-refractivity contribution in [3.8, 4) is 11.5 Å². The van der Waals surface area contributed by atoms with Crippen molar-refractivity contribution in [1.29, 1.82) is 0 Å². The second-order valence-corrected chi connectivity index (χ2v) is 4.27. The number of fused-ring (bicyclic) bond motifs is 3. The lowest BCUT2D eigenvalue weighted by molar-refractivity contribution is 0.112. The normalized spacial score (nSPS) is 10.8. The van der Waals surface area contributed by atoms with Crippen molar-refractivity contribution in [2.45, 2.75) is 0 Å². The summed E-state index contributed by atoms with van der Waals surface area (Å²) in [7, 11) is 3.22. The van der Waals surface area contributed by atoms with E-state index >= 15 is 0 Å². The van der Waals surface area contributed by atoms with Crippen LogP contribution in [0.4, 0.5) is 0 Å². The standard InChI is InChI=1S/C15H13NO3/c1-18-12-5-3-4-10-11-6-9(8-17)7-13(19-2)15(11)16-14(10)12/h3-8,16H,1-2H3. The van der Waals surface area contributed by atoms with Crippen LogP contribution in [0.5, 0.6) is 11.5 Å². The summed E-state index contributed by atoms with van der Waals surface area (Å²) < 4.78 is 10.7. The molecule has 0 bridgehead atoms. The highest BCUT2D eigenvalue weighted by atomic mass is 16.5. The Bertz CT molecular complexity index is 774. The number of hydrogen-bond donors (Lipinski definition) is 1. The van der Waals surface area contributed by atoms with Crippen LogP contribution < -0.4 is 9.47 Å². The number of hydrogen-bond acceptors (Lipinski definition) is 3. The van der Waals surface area contributed by atoms with E-state index in [1.54, 1.807) is 20.3 Å². The summed E-state index contributed by atoms with van der Waals surface area (Å²) in [6.07, 6.45) is 0.820. The zero-order valence-electron chi connectivity index (χ0n) is 10.7. The molecule has 0 aliphatic rings. The van der Waals surface area contributed by atoms with E-state index in [2.05, 4.69) is 4.98 Å². The van der Waals surface area contributed by atoms with Crippen molar-refractivity contribution in [2.75, 3.05) is 14.2 Å². The minimum absolute atomic E-state index is 0.591. The fourth-order valence-corrected chi connectivity index (χ4v) is 2.39. The van der Waals surface area contributed by atoms with Crippen molar-refractivity contribution in [2.24, 2.45) is 0 Å². The van der Waals surface area contributed by atoms with E-state index in [1.165, 1.54) is 0 Å². The van der Waals surface area contributed by atoms with Crippen LogP contribution in [-0.2, 0) is 0 Å². The van der Waals surface area contributed by atoms with Crippen molar-refractivity contribution in [1.82, 2.24) is 4.98 Å². The van der Waals surface area contributed by atoms with Crippen LogP contribution in [0.2, 0.25) is 0 Å². The molecule has 2 aromatic carbocycles. The second-order valence-electron chi connectivity index (χ2n) is 4.27. The van der Waals surface area contributed by atoms with E-state index in [1.807, 2.05) is 24.3 Å². The molecule has 0 amide bonds. The van der Waals surface area contributed by atoms with Gasteiger partial charge >= 0.3 is 0 Å². The highest BCUT2D eigenvalue weighted by Crippen LogP contribution is 2.36. The summed E-state index contributed by atoms with van der Waals surface area (Å²) in [6, 6.07) is 9.38. The topological polar surface area (TPSA) is 51.3 Å². The number of aromatic nitrogens is 1. The Morgan fingerprint density at radius 2 is 1.74 bits per heavy atom. The number of benzene rings is 2. The lowest BCUT2D eigenvalue weighted by atomic mass is 10.1. The smallest absolute Gasteiger partial charge is 0.150 e. The van der Waals surface area contributed by atoms with E-state index in [0.717, 1.165) is 33.8 Å². The molecule has 96 valence electrons. The van der Waals surface area contributed by atoms with Gasteiger partial charge in [0.05, 0.1) is 25.3 Å². The highest BCUT2D eigenvalue weighted by molar-refractivity contribution is 6.12. The molecule has 0 unspecified atom stereocenters. The molecule has 0 aliphatic carbocycles. The zero-order chi connectivity index (χ0) is 13.4. The Kier molecular flexibility index (Phi) is 2.63. The Balaban J connectivity index is 2.49. The van der Waals surface area contributed by atoms with Crippen molar-refractivity contribution >= 4 is 28.1 Å². The predicted molar refractivity (Wildman–Crippen MR) is 74.3 cm³/mol. The van der Waals surface area contributed by atoms with Gasteiger partial charge in [0.25, 0.3) is 0 Å². The van der Waals surface area contributed by atoms with E-state index in [-0.39, 0.29) is 0 Å². The maximum atomic E-state index is 11.0. The number of carbonyl (C=O) groups is 1. The molecule has 0 radical (unpaired) electrons. The van der Waals surface area contributed by atoms with Gasteiger partial charge in [0.2, 0.25) is 0 Å². The Morgan fingerprint density at radius 1 is 1.00 bits per heavy atom. The molecule has 0 spiro atoms. The molecule has 0 fully saturated rings. The molecule has 4 nitrogen and oxygen atoms in total. The van der Waals surface area contributed by atoms with Gasteiger partial charge in [0.15, 0.2) is 0 Å². The summed E-state index contributed by atoms with van der Waals surface area (Å²) in [6.45, 7) is 0. The van der Waals surface area contributed by atoms with Gasteiger partial charge in [-0.1, -0.05) is 12.1 Å². The predicted octanol–water partition coefficient (Wildman–Crippen LogP) is 3.15. The first-order chi connectivity index (χ1) is 9.28. The Labute approximate surface area is 109 Å². The second kappa shape index (κ2) is 4.31. The molecule has 0 saturated heterocycles. The third kappa shape index (κ3) is 1.64. The Hall–Kier alpha value is -2.49. The maximum absolute atomic E-state index is 11.0. The number of para-hydroxylation sites is 1. The van der Waals surface area contributed by atoms with Crippen LogP contribution in [-0.4, -0.2) is 25.5 Å². The third-order valence-corrected chi connectivity index (χ3v) is 3.27. The van der Waals surface area contributed by atoms with Crippen molar-refractivity contribution in [3.63, 3.8) is 0 Å². The zero-order valence-corrected chi connectivity index (χ0v) is 10.7. The number of ether oxygens (including phenoxy) is 2. The molecule has 0 saturated carbocycles. The fourth-order valence-electron chi connectivity index (χ4n) is 2.39. The fraction of sp³-hybridized carbons (Fsp3) is 0.133. The molecule has 1 heterocycles. The van der Waals surface area contributed by atoms with Gasteiger partial charge in [0.1, 0.15) is 17.8 Å². The summed E-state index contributed by atoms with van der Waals surface area (Å²) in [5, 5.41) is 1.96. The molecule has 3 rings (SSSR count). The Morgan fingerprint density at radius 3 is 2.42 bits per heavy atom. The van der Waals surface area contributed by atoms with Crippen molar-refractivity contribution < 1.29 is 14.3 Å². The average Bonchev–Trinajstić information content (AvgIpc) is 2.84. The molecular formula is C15H13NO3. The van der Waals surface area contributed by atoms with Gasteiger partial charge in [-0.3, -0.25) is 4.79 Å². The molecule has 1 N–H and O–H groups in total. The minimum Gasteiger partial charge on any atom is -0.495 e. The number of aldehydes is 1. The van der Waals surface area contributed by atoms with Crippen LogP contribution in [0.25, 0.3) is 21.8 Å². The quantitative estimate of drug-likeness (QED) is 0.731. The van der Waals surface area contributed by atoms with Crippen molar-refractivity contribution in [3.05, 3.63) is 35.9 Å².